The Labute approximate surface area is 111 Å². The molecule has 0 fully saturated rings. The summed E-state index contributed by atoms with van der Waals surface area (Å²) in [5, 5.41) is 3.20. The van der Waals surface area contributed by atoms with E-state index in [0.717, 1.165) is 5.56 Å². The molecular formula is C14H13ClN2O. The fourth-order valence-corrected chi connectivity index (χ4v) is 1.94. The third-order valence-corrected chi connectivity index (χ3v) is 2.83. The monoisotopic (exact) mass is 260 g/mol. The van der Waals surface area contributed by atoms with E-state index in [9.17, 15) is 4.79 Å². The molecule has 2 rings (SSSR count). The van der Waals surface area contributed by atoms with Crippen molar-refractivity contribution in [3.8, 4) is 0 Å². The van der Waals surface area contributed by atoms with Crippen LogP contribution in [0.4, 0.5) is 11.4 Å². The zero-order valence-electron chi connectivity index (χ0n) is 9.91. The normalized spacial score (nSPS) is 10.1. The Morgan fingerprint density at radius 3 is 2.67 bits per heavy atom. The quantitative estimate of drug-likeness (QED) is 0.812. The molecule has 0 atom stereocenters. The number of benzene rings is 2. The summed E-state index contributed by atoms with van der Waals surface area (Å²) < 4.78 is 0. The summed E-state index contributed by atoms with van der Waals surface area (Å²) in [7, 11) is 0. The molecule has 0 radical (unpaired) electrons. The molecule has 92 valence electrons. The zero-order valence-corrected chi connectivity index (χ0v) is 10.7. The van der Waals surface area contributed by atoms with Crippen molar-refractivity contribution in [2.45, 2.75) is 6.92 Å². The molecular weight excluding hydrogens is 248 g/mol. The summed E-state index contributed by atoms with van der Waals surface area (Å²) in [6.07, 6.45) is 0. The molecule has 0 aliphatic carbocycles. The summed E-state index contributed by atoms with van der Waals surface area (Å²) >= 11 is 6.04. The Kier molecular flexibility index (Phi) is 3.53. The molecule has 0 spiro atoms. The summed E-state index contributed by atoms with van der Waals surface area (Å²) in [5.41, 5.74) is 8.36. The maximum absolute atomic E-state index is 12.0. The molecule has 0 unspecified atom stereocenters. The number of hydrogen-bond donors (Lipinski definition) is 2. The minimum absolute atomic E-state index is 0.245. The van der Waals surface area contributed by atoms with E-state index in [-0.39, 0.29) is 5.91 Å². The van der Waals surface area contributed by atoms with E-state index in [0.29, 0.717) is 22.0 Å². The molecule has 0 heterocycles. The van der Waals surface area contributed by atoms with Crippen molar-refractivity contribution in [2.24, 2.45) is 0 Å². The third-order valence-electron chi connectivity index (χ3n) is 2.51. The van der Waals surface area contributed by atoms with Gasteiger partial charge in [-0.2, -0.15) is 0 Å². The first kappa shape index (κ1) is 12.5. The number of rotatable bonds is 2. The number of aryl methyl sites for hydroxylation is 1. The predicted molar refractivity (Wildman–Crippen MR) is 75.0 cm³/mol. The molecule has 0 saturated carbocycles. The molecule has 18 heavy (non-hydrogen) atoms. The molecule has 0 aromatic heterocycles. The summed E-state index contributed by atoms with van der Waals surface area (Å²) in [6, 6.07) is 12.3. The van der Waals surface area contributed by atoms with Crippen LogP contribution < -0.4 is 11.1 Å². The lowest BCUT2D eigenvalue weighted by Gasteiger charge is -2.07. The van der Waals surface area contributed by atoms with E-state index in [4.69, 9.17) is 17.3 Å². The Bertz CT molecular complexity index is 596. The van der Waals surface area contributed by atoms with Gasteiger partial charge in [0.25, 0.3) is 5.91 Å². The topological polar surface area (TPSA) is 55.1 Å². The minimum Gasteiger partial charge on any atom is -0.399 e. The number of carbonyl (C=O) groups excluding carboxylic acids is 1. The first-order valence-corrected chi connectivity index (χ1v) is 5.87. The molecule has 1 amide bonds. The second kappa shape index (κ2) is 5.10. The Morgan fingerprint density at radius 2 is 2.00 bits per heavy atom. The fourth-order valence-electron chi connectivity index (χ4n) is 1.62. The largest absolute Gasteiger partial charge is 0.399 e. The van der Waals surface area contributed by atoms with Crippen molar-refractivity contribution < 1.29 is 4.79 Å². The SMILES string of the molecule is Cc1ccc(C(=O)Nc2cccc(N)c2)c(Cl)c1. The van der Waals surface area contributed by atoms with E-state index in [1.807, 2.05) is 13.0 Å². The number of anilines is 2. The fraction of sp³-hybridized carbons (Fsp3) is 0.0714. The highest BCUT2D eigenvalue weighted by Crippen LogP contribution is 2.20. The number of amides is 1. The lowest BCUT2D eigenvalue weighted by atomic mass is 10.1. The van der Waals surface area contributed by atoms with Gasteiger partial charge in [-0.25, -0.2) is 0 Å². The molecule has 0 bridgehead atoms. The van der Waals surface area contributed by atoms with Gasteiger partial charge in [0.15, 0.2) is 0 Å². The number of nitrogens with two attached hydrogens (primary N) is 1. The van der Waals surface area contributed by atoms with Gasteiger partial charge < -0.3 is 11.1 Å². The lowest BCUT2D eigenvalue weighted by Crippen LogP contribution is -2.12. The smallest absolute Gasteiger partial charge is 0.257 e. The van der Waals surface area contributed by atoms with Crippen LogP contribution in [0.1, 0.15) is 15.9 Å². The maximum atomic E-state index is 12.0. The highest BCUT2D eigenvalue weighted by Gasteiger charge is 2.10. The van der Waals surface area contributed by atoms with Crippen LogP contribution >= 0.6 is 11.6 Å². The Hall–Kier alpha value is -2.00. The van der Waals surface area contributed by atoms with E-state index < -0.39 is 0 Å². The molecule has 0 aliphatic heterocycles. The highest BCUT2D eigenvalue weighted by molar-refractivity contribution is 6.34. The highest BCUT2D eigenvalue weighted by atomic mass is 35.5. The van der Waals surface area contributed by atoms with Gasteiger partial charge in [0.05, 0.1) is 10.6 Å². The van der Waals surface area contributed by atoms with Crippen molar-refractivity contribution in [3.63, 3.8) is 0 Å². The lowest BCUT2D eigenvalue weighted by molar-refractivity contribution is 0.102. The second-order valence-corrected chi connectivity index (χ2v) is 4.47. The second-order valence-electron chi connectivity index (χ2n) is 4.06. The van der Waals surface area contributed by atoms with Gasteiger partial charge in [-0.15, -0.1) is 0 Å². The molecule has 3 nitrogen and oxygen atoms in total. The van der Waals surface area contributed by atoms with Gasteiger partial charge in [-0.1, -0.05) is 23.7 Å². The van der Waals surface area contributed by atoms with Crippen LogP contribution in [0.2, 0.25) is 5.02 Å². The van der Waals surface area contributed by atoms with E-state index in [1.165, 1.54) is 0 Å². The first-order chi connectivity index (χ1) is 8.56. The van der Waals surface area contributed by atoms with Gasteiger partial charge in [0, 0.05) is 11.4 Å². The van der Waals surface area contributed by atoms with Crippen LogP contribution in [-0.4, -0.2) is 5.91 Å². The van der Waals surface area contributed by atoms with Crippen molar-refractivity contribution in [3.05, 3.63) is 58.6 Å². The van der Waals surface area contributed by atoms with E-state index in [1.54, 1.807) is 36.4 Å². The Balaban J connectivity index is 2.22. The molecule has 0 aliphatic rings. The maximum Gasteiger partial charge on any atom is 0.257 e. The van der Waals surface area contributed by atoms with Crippen LogP contribution in [0.5, 0.6) is 0 Å². The van der Waals surface area contributed by atoms with Crippen molar-refractivity contribution >= 4 is 28.9 Å². The number of halogens is 1. The molecule has 2 aromatic rings. The van der Waals surface area contributed by atoms with Gasteiger partial charge in [0.2, 0.25) is 0 Å². The van der Waals surface area contributed by atoms with Crippen LogP contribution in [0, 0.1) is 6.92 Å². The predicted octanol–water partition coefficient (Wildman–Crippen LogP) is 3.48. The van der Waals surface area contributed by atoms with E-state index in [2.05, 4.69) is 5.32 Å². The van der Waals surface area contributed by atoms with Gasteiger partial charge in [-0.05, 0) is 42.8 Å². The summed E-state index contributed by atoms with van der Waals surface area (Å²) in [6.45, 7) is 1.92. The standard InChI is InChI=1S/C14H13ClN2O/c1-9-5-6-12(13(15)7-9)14(18)17-11-4-2-3-10(16)8-11/h2-8H,16H2,1H3,(H,17,18). The van der Waals surface area contributed by atoms with Crippen LogP contribution in [0.25, 0.3) is 0 Å². The van der Waals surface area contributed by atoms with Gasteiger partial charge in [0.1, 0.15) is 0 Å². The van der Waals surface area contributed by atoms with Crippen LogP contribution in [0.15, 0.2) is 42.5 Å². The zero-order chi connectivity index (χ0) is 13.1. The average molecular weight is 261 g/mol. The van der Waals surface area contributed by atoms with Crippen LogP contribution in [0.3, 0.4) is 0 Å². The average Bonchev–Trinajstić information content (AvgIpc) is 2.28. The van der Waals surface area contributed by atoms with Crippen LogP contribution in [-0.2, 0) is 0 Å². The first-order valence-electron chi connectivity index (χ1n) is 5.49. The number of nitrogen functional groups attached to an aromatic ring is 1. The summed E-state index contributed by atoms with van der Waals surface area (Å²) in [5.74, 6) is -0.245. The molecule has 3 N–H and O–H groups in total. The van der Waals surface area contributed by atoms with Gasteiger partial charge >= 0.3 is 0 Å². The summed E-state index contributed by atoms with van der Waals surface area (Å²) in [4.78, 5) is 12.0. The minimum atomic E-state index is -0.245. The Morgan fingerprint density at radius 1 is 1.22 bits per heavy atom. The molecule has 2 aromatic carbocycles. The van der Waals surface area contributed by atoms with Crippen molar-refractivity contribution in [1.82, 2.24) is 0 Å². The molecule has 4 heteroatoms. The number of nitrogens with one attached hydrogen (secondary N) is 1. The number of hydrogen-bond acceptors (Lipinski definition) is 2. The number of carbonyl (C=O) groups is 1. The van der Waals surface area contributed by atoms with Crippen molar-refractivity contribution in [2.75, 3.05) is 11.1 Å². The third kappa shape index (κ3) is 2.81. The van der Waals surface area contributed by atoms with Crippen molar-refractivity contribution in [1.29, 1.82) is 0 Å². The molecule has 0 saturated heterocycles. The van der Waals surface area contributed by atoms with Gasteiger partial charge in [-0.3, -0.25) is 4.79 Å². The van der Waals surface area contributed by atoms with E-state index >= 15 is 0 Å².